The third kappa shape index (κ3) is 4.63. The van der Waals surface area contributed by atoms with Gasteiger partial charge in [0.05, 0.1) is 4.90 Å². The van der Waals surface area contributed by atoms with Gasteiger partial charge in [0.15, 0.2) is 0 Å². The van der Waals surface area contributed by atoms with E-state index in [1.807, 2.05) is 0 Å². The molecule has 1 N–H and O–H groups in total. The summed E-state index contributed by atoms with van der Waals surface area (Å²) in [6.07, 6.45) is 5.75. The van der Waals surface area contributed by atoms with Gasteiger partial charge in [-0.15, -0.1) is 0 Å². The fraction of sp³-hybridized carbons (Fsp3) is 0.636. The van der Waals surface area contributed by atoms with E-state index in [0.717, 1.165) is 38.0 Å². The van der Waals surface area contributed by atoms with E-state index < -0.39 is 16.1 Å². The summed E-state index contributed by atoms with van der Waals surface area (Å²) < 4.78 is 27.3. The summed E-state index contributed by atoms with van der Waals surface area (Å²) in [6.45, 7) is 6.02. The van der Waals surface area contributed by atoms with Crippen LogP contribution in [-0.4, -0.2) is 74.7 Å². The molecule has 3 heterocycles. The summed E-state index contributed by atoms with van der Waals surface area (Å²) in [5.74, 6) is -0.405. The number of amides is 2. The van der Waals surface area contributed by atoms with Gasteiger partial charge in [-0.1, -0.05) is 6.42 Å². The van der Waals surface area contributed by atoms with Crippen molar-refractivity contribution < 1.29 is 18.0 Å². The molecule has 8 nitrogen and oxygen atoms in total. The minimum atomic E-state index is -3.54. The van der Waals surface area contributed by atoms with Gasteiger partial charge in [0.1, 0.15) is 6.04 Å². The minimum absolute atomic E-state index is 0.188. The molecule has 0 bridgehead atoms. The lowest BCUT2D eigenvalue weighted by Crippen LogP contribution is -2.49. The molecule has 3 aliphatic heterocycles. The normalized spacial score (nSPS) is 22.5. The van der Waals surface area contributed by atoms with Crippen molar-refractivity contribution in [2.45, 2.75) is 56.4 Å². The summed E-state index contributed by atoms with van der Waals surface area (Å²) in [4.78, 5) is 29.3. The molecule has 0 unspecified atom stereocenters. The van der Waals surface area contributed by atoms with Crippen molar-refractivity contribution in [2.24, 2.45) is 0 Å². The zero-order chi connectivity index (χ0) is 22.0. The number of hydrogen-bond donors (Lipinski definition) is 1. The van der Waals surface area contributed by atoms with E-state index in [-0.39, 0.29) is 16.7 Å². The molecule has 31 heavy (non-hydrogen) atoms. The molecule has 1 atom stereocenters. The maximum atomic E-state index is 12.9. The van der Waals surface area contributed by atoms with Gasteiger partial charge in [-0.3, -0.25) is 14.5 Å². The van der Waals surface area contributed by atoms with Gasteiger partial charge in [0.2, 0.25) is 21.8 Å². The minimum Gasteiger partial charge on any atom is -0.353 e. The van der Waals surface area contributed by atoms with E-state index >= 15 is 0 Å². The molecule has 170 valence electrons. The molecule has 9 heteroatoms. The highest BCUT2D eigenvalue weighted by molar-refractivity contribution is 7.89. The number of benzene rings is 1. The molecule has 0 aromatic heterocycles. The molecule has 3 aliphatic rings. The average molecular weight is 449 g/mol. The van der Waals surface area contributed by atoms with Gasteiger partial charge in [0, 0.05) is 45.2 Å². The van der Waals surface area contributed by atoms with E-state index in [1.165, 1.54) is 35.4 Å². The van der Waals surface area contributed by atoms with E-state index in [1.54, 1.807) is 18.2 Å². The molecule has 0 radical (unpaired) electrons. The van der Waals surface area contributed by atoms with Gasteiger partial charge in [-0.2, -0.15) is 4.31 Å². The van der Waals surface area contributed by atoms with Crippen molar-refractivity contribution in [1.29, 1.82) is 0 Å². The average Bonchev–Trinajstić information content (AvgIpc) is 3.42. The number of anilines is 1. The highest BCUT2D eigenvalue weighted by Crippen LogP contribution is 2.35. The monoisotopic (exact) mass is 448 g/mol. The van der Waals surface area contributed by atoms with Crippen LogP contribution in [0.1, 0.15) is 44.6 Å². The van der Waals surface area contributed by atoms with Crippen molar-refractivity contribution in [1.82, 2.24) is 14.5 Å². The molecule has 0 spiro atoms. The number of carbonyl (C=O) groups is 2. The van der Waals surface area contributed by atoms with Crippen LogP contribution in [0.4, 0.5) is 5.69 Å². The zero-order valence-electron chi connectivity index (χ0n) is 18.2. The third-order valence-electron chi connectivity index (χ3n) is 6.56. The number of carbonyl (C=O) groups excluding carboxylic acids is 2. The van der Waals surface area contributed by atoms with Crippen LogP contribution < -0.4 is 10.2 Å². The van der Waals surface area contributed by atoms with Crippen LogP contribution >= 0.6 is 0 Å². The van der Waals surface area contributed by atoms with Gasteiger partial charge >= 0.3 is 0 Å². The van der Waals surface area contributed by atoms with Gasteiger partial charge in [0.25, 0.3) is 0 Å². The predicted molar refractivity (Wildman–Crippen MR) is 118 cm³/mol. The van der Waals surface area contributed by atoms with Crippen LogP contribution in [0, 0.1) is 0 Å². The number of nitrogens with zero attached hydrogens (tertiary/aromatic N) is 3. The maximum Gasteiger partial charge on any atom is 0.243 e. The Morgan fingerprint density at radius 3 is 2.39 bits per heavy atom. The molecule has 2 saturated heterocycles. The fourth-order valence-electron chi connectivity index (χ4n) is 4.90. The molecule has 2 amide bonds. The maximum absolute atomic E-state index is 12.9. The number of likely N-dealkylation sites (tertiary alicyclic amines) is 1. The van der Waals surface area contributed by atoms with Crippen LogP contribution in [0.3, 0.4) is 0 Å². The Bertz CT molecular complexity index is 937. The first-order chi connectivity index (χ1) is 14.9. The molecular weight excluding hydrogens is 416 g/mol. The Kier molecular flexibility index (Phi) is 6.64. The van der Waals surface area contributed by atoms with Gasteiger partial charge in [-0.05, 0) is 62.5 Å². The second-order valence-corrected chi connectivity index (χ2v) is 10.6. The Morgan fingerprint density at radius 2 is 1.71 bits per heavy atom. The number of hydrogen-bond acceptors (Lipinski definition) is 5. The second kappa shape index (κ2) is 9.26. The van der Waals surface area contributed by atoms with Gasteiger partial charge in [-0.25, -0.2) is 8.42 Å². The molecule has 2 fully saturated rings. The largest absolute Gasteiger partial charge is 0.353 e. The Hall–Kier alpha value is -1.97. The van der Waals surface area contributed by atoms with Crippen molar-refractivity contribution in [2.75, 3.05) is 44.2 Å². The predicted octanol–water partition coefficient (Wildman–Crippen LogP) is 1.35. The van der Waals surface area contributed by atoms with Crippen LogP contribution in [0.15, 0.2) is 23.1 Å². The van der Waals surface area contributed by atoms with Crippen LogP contribution in [0.5, 0.6) is 0 Å². The number of nitrogens with one attached hydrogen (secondary N) is 1. The van der Waals surface area contributed by atoms with Crippen molar-refractivity contribution in [3.05, 3.63) is 23.8 Å². The smallest absolute Gasteiger partial charge is 0.243 e. The fourth-order valence-corrected chi connectivity index (χ4v) is 6.47. The lowest BCUT2D eigenvalue weighted by Gasteiger charge is -2.27. The zero-order valence-corrected chi connectivity index (χ0v) is 19.0. The van der Waals surface area contributed by atoms with Crippen molar-refractivity contribution in [3.63, 3.8) is 0 Å². The topological polar surface area (TPSA) is 90.0 Å². The summed E-state index contributed by atoms with van der Waals surface area (Å²) in [5.41, 5.74) is 1.36. The van der Waals surface area contributed by atoms with Crippen molar-refractivity contribution in [3.8, 4) is 0 Å². The number of fused-ring (bicyclic) bond motifs is 1. The number of sulfonamides is 1. The van der Waals surface area contributed by atoms with E-state index in [0.29, 0.717) is 31.7 Å². The summed E-state index contributed by atoms with van der Waals surface area (Å²) >= 11 is 0. The third-order valence-corrected chi connectivity index (χ3v) is 8.45. The van der Waals surface area contributed by atoms with Gasteiger partial charge < -0.3 is 10.2 Å². The van der Waals surface area contributed by atoms with Crippen LogP contribution in [-0.2, 0) is 26.0 Å². The molecule has 0 aliphatic carbocycles. The molecule has 1 aromatic rings. The SMILES string of the molecule is CC(=O)N1c2ccc(S(=O)(=O)N3CCCC3)cc2C[C@H]1C(=O)NCCN1CCCCC1. The lowest BCUT2D eigenvalue weighted by molar-refractivity contribution is -0.125. The van der Waals surface area contributed by atoms with E-state index in [4.69, 9.17) is 0 Å². The highest BCUT2D eigenvalue weighted by Gasteiger charge is 2.38. The first-order valence-electron chi connectivity index (χ1n) is 11.3. The lowest BCUT2D eigenvalue weighted by atomic mass is 10.1. The highest BCUT2D eigenvalue weighted by atomic mass is 32.2. The van der Waals surface area contributed by atoms with Crippen LogP contribution in [0.25, 0.3) is 0 Å². The molecule has 0 saturated carbocycles. The summed E-state index contributed by atoms with van der Waals surface area (Å²) in [7, 11) is -3.54. The first kappa shape index (κ1) is 22.2. The molecular formula is C22H32N4O4S. The van der Waals surface area contributed by atoms with E-state index in [9.17, 15) is 18.0 Å². The number of piperidine rings is 1. The quantitative estimate of drug-likeness (QED) is 0.710. The van der Waals surface area contributed by atoms with Crippen molar-refractivity contribution >= 4 is 27.5 Å². The Balaban J connectivity index is 1.46. The Morgan fingerprint density at radius 1 is 1.03 bits per heavy atom. The summed E-state index contributed by atoms with van der Waals surface area (Å²) in [5, 5.41) is 2.98. The second-order valence-electron chi connectivity index (χ2n) is 8.70. The molecule has 4 rings (SSSR count). The van der Waals surface area contributed by atoms with Crippen LogP contribution in [0.2, 0.25) is 0 Å². The number of rotatable bonds is 6. The standard InChI is InChI=1S/C22H32N4O4S/c1-17(27)26-20-8-7-19(31(29,30)25-12-5-6-13-25)15-18(20)16-21(26)22(28)23-9-14-24-10-3-2-4-11-24/h7-8,15,21H,2-6,9-14,16H2,1H3,(H,23,28)/t21-/m0/s1. The Labute approximate surface area is 184 Å². The first-order valence-corrected chi connectivity index (χ1v) is 12.7. The summed E-state index contributed by atoms with van der Waals surface area (Å²) in [6, 6.07) is 4.22. The molecule has 1 aromatic carbocycles. The van der Waals surface area contributed by atoms with E-state index in [2.05, 4.69) is 10.2 Å².